The number of benzene rings is 2. The molecular weight excluding hydrogens is 416 g/mol. The van der Waals surface area contributed by atoms with E-state index in [0.29, 0.717) is 24.4 Å². The van der Waals surface area contributed by atoms with E-state index in [-0.39, 0.29) is 17.5 Å². The van der Waals surface area contributed by atoms with E-state index in [2.05, 4.69) is 36.1 Å². The molecule has 1 aliphatic heterocycles. The van der Waals surface area contributed by atoms with Crippen LogP contribution in [0.2, 0.25) is 0 Å². The molecule has 0 unspecified atom stereocenters. The van der Waals surface area contributed by atoms with Crippen LogP contribution in [0.1, 0.15) is 17.5 Å². The summed E-state index contributed by atoms with van der Waals surface area (Å²) >= 11 is 5.67. The second-order valence-electron chi connectivity index (χ2n) is 7.96. The first kappa shape index (κ1) is 21.0. The van der Waals surface area contributed by atoms with Crippen LogP contribution in [0.5, 0.6) is 0 Å². The Morgan fingerprint density at radius 3 is 2.60 bits per heavy atom. The molecule has 30 heavy (non-hydrogen) atoms. The maximum absolute atomic E-state index is 12.1. The van der Waals surface area contributed by atoms with E-state index in [1.165, 1.54) is 0 Å². The average Bonchev–Trinajstić information content (AvgIpc) is 3.22. The highest BCUT2D eigenvalue weighted by atomic mass is 32.2. The molecule has 6 nitrogen and oxygen atoms in total. The van der Waals surface area contributed by atoms with Gasteiger partial charge >= 0.3 is 0 Å². The standard InChI is InChI=1S/C22H26N4O2S2/c1-17-7-6-10-19(13-17)21-23-26(22(29)24(21)2)16-25(14-18-8-4-3-5-9-18)20-11-12-30(27,28)15-20/h3-10,13,20H,11-12,14-16H2,1-2H3/t20-/m1/s1. The van der Waals surface area contributed by atoms with Crippen LogP contribution in [0.25, 0.3) is 11.4 Å². The van der Waals surface area contributed by atoms with Crippen molar-refractivity contribution in [3.8, 4) is 11.4 Å². The van der Waals surface area contributed by atoms with Gasteiger partial charge in [-0.05, 0) is 37.2 Å². The van der Waals surface area contributed by atoms with Gasteiger partial charge in [0.05, 0.1) is 18.2 Å². The van der Waals surface area contributed by atoms with Crippen molar-refractivity contribution in [2.24, 2.45) is 7.05 Å². The van der Waals surface area contributed by atoms with Crippen LogP contribution in [0, 0.1) is 11.7 Å². The van der Waals surface area contributed by atoms with Crippen molar-refractivity contribution in [2.45, 2.75) is 32.6 Å². The molecular formula is C22H26N4O2S2. The lowest BCUT2D eigenvalue weighted by molar-refractivity contribution is 0.146. The highest BCUT2D eigenvalue weighted by Crippen LogP contribution is 2.23. The number of aryl methyl sites for hydroxylation is 1. The molecule has 0 bridgehead atoms. The van der Waals surface area contributed by atoms with Crippen LogP contribution in [0.3, 0.4) is 0 Å². The molecule has 0 N–H and O–H groups in total. The quantitative estimate of drug-likeness (QED) is 0.546. The summed E-state index contributed by atoms with van der Waals surface area (Å²) in [5, 5.41) is 4.79. The lowest BCUT2D eigenvalue weighted by Crippen LogP contribution is -2.37. The van der Waals surface area contributed by atoms with Crippen molar-refractivity contribution in [3.05, 3.63) is 70.5 Å². The van der Waals surface area contributed by atoms with Gasteiger partial charge in [-0.25, -0.2) is 13.1 Å². The van der Waals surface area contributed by atoms with Gasteiger partial charge in [0.15, 0.2) is 20.4 Å². The van der Waals surface area contributed by atoms with Crippen molar-refractivity contribution in [2.75, 3.05) is 11.5 Å². The maximum Gasteiger partial charge on any atom is 0.199 e. The topological polar surface area (TPSA) is 60.1 Å². The smallest absolute Gasteiger partial charge is 0.199 e. The zero-order chi connectivity index (χ0) is 21.3. The molecule has 3 aromatic rings. The Labute approximate surface area is 182 Å². The third-order valence-corrected chi connectivity index (χ3v) is 7.82. The van der Waals surface area contributed by atoms with E-state index in [1.807, 2.05) is 41.9 Å². The van der Waals surface area contributed by atoms with Crippen LogP contribution in [0.4, 0.5) is 0 Å². The molecule has 1 saturated heterocycles. The molecule has 2 aromatic carbocycles. The number of hydrogen-bond acceptors (Lipinski definition) is 5. The summed E-state index contributed by atoms with van der Waals surface area (Å²) in [4.78, 5) is 2.18. The van der Waals surface area contributed by atoms with Crippen LogP contribution in [0.15, 0.2) is 54.6 Å². The van der Waals surface area contributed by atoms with Crippen molar-refractivity contribution in [1.29, 1.82) is 0 Å². The van der Waals surface area contributed by atoms with Gasteiger partial charge in [0.25, 0.3) is 0 Å². The highest BCUT2D eigenvalue weighted by molar-refractivity contribution is 7.91. The first-order chi connectivity index (χ1) is 14.3. The van der Waals surface area contributed by atoms with Crippen LogP contribution in [-0.4, -0.2) is 45.2 Å². The first-order valence-electron chi connectivity index (χ1n) is 10.0. The lowest BCUT2D eigenvalue weighted by Gasteiger charge is -2.27. The number of nitrogens with zero attached hydrogens (tertiary/aromatic N) is 4. The molecule has 2 heterocycles. The number of hydrogen-bond donors (Lipinski definition) is 0. The molecule has 158 valence electrons. The van der Waals surface area contributed by atoms with Crippen molar-refractivity contribution >= 4 is 22.1 Å². The van der Waals surface area contributed by atoms with Gasteiger partial charge < -0.3 is 4.57 Å². The van der Waals surface area contributed by atoms with Gasteiger partial charge in [-0.2, -0.15) is 5.10 Å². The summed E-state index contributed by atoms with van der Waals surface area (Å²) in [6.07, 6.45) is 0.639. The minimum atomic E-state index is -2.99. The van der Waals surface area contributed by atoms with Gasteiger partial charge in [0, 0.05) is 25.2 Å². The van der Waals surface area contributed by atoms with Crippen LogP contribution in [-0.2, 0) is 30.1 Å². The molecule has 1 aliphatic rings. The molecule has 1 aromatic heterocycles. The van der Waals surface area contributed by atoms with E-state index in [0.717, 1.165) is 22.5 Å². The summed E-state index contributed by atoms with van der Waals surface area (Å²) in [6, 6.07) is 18.3. The third kappa shape index (κ3) is 4.55. The summed E-state index contributed by atoms with van der Waals surface area (Å²) in [5.74, 6) is 1.23. The van der Waals surface area contributed by atoms with E-state index in [1.54, 1.807) is 4.68 Å². The Morgan fingerprint density at radius 2 is 1.93 bits per heavy atom. The second-order valence-corrected chi connectivity index (χ2v) is 10.6. The molecule has 1 atom stereocenters. The van der Waals surface area contributed by atoms with E-state index >= 15 is 0 Å². The molecule has 0 radical (unpaired) electrons. The van der Waals surface area contributed by atoms with Gasteiger partial charge in [-0.1, -0.05) is 54.1 Å². The lowest BCUT2D eigenvalue weighted by atomic mass is 10.1. The Hall–Kier alpha value is -2.29. The molecule has 0 spiro atoms. The molecule has 0 saturated carbocycles. The Kier molecular flexibility index (Phi) is 5.90. The van der Waals surface area contributed by atoms with Crippen LogP contribution >= 0.6 is 12.2 Å². The van der Waals surface area contributed by atoms with Crippen molar-refractivity contribution in [3.63, 3.8) is 0 Å². The second kappa shape index (κ2) is 8.45. The molecule has 1 fully saturated rings. The average molecular weight is 443 g/mol. The molecule has 0 aliphatic carbocycles. The zero-order valence-corrected chi connectivity index (χ0v) is 18.9. The fourth-order valence-corrected chi connectivity index (χ4v) is 5.91. The summed E-state index contributed by atoms with van der Waals surface area (Å²) < 4.78 is 28.6. The minimum absolute atomic E-state index is 0.0402. The monoisotopic (exact) mass is 442 g/mol. The summed E-state index contributed by atoms with van der Waals surface area (Å²) in [5.41, 5.74) is 3.32. The predicted molar refractivity (Wildman–Crippen MR) is 121 cm³/mol. The van der Waals surface area contributed by atoms with Crippen LogP contribution < -0.4 is 0 Å². The Balaban J connectivity index is 1.66. The molecule has 8 heteroatoms. The number of sulfone groups is 1. The molecule has 0 amide bonds. The van der Waals surface area contributed by atoms with E-state index in [4.69, 9.17) is 17.3 Å². The van der Waals surface area contributed by atoms with Gasteiger partial charge in [-0.3, -0.25) is 4.90 Å². The first-order valence-corrected chi connectivity index (χ1v) is 12.2. The van der Waals surface area contributed by atoms with E-state index < -0.39 is 9.84 Å². The highest BCUT2D eigenvalue weighted by Gasteiger charge is 2.32. The summed E-state index contributed by atoms with van der Waals surface area (Å²) in [6.45, 7) is 3.16. The Bertz CT molecular complexity index is 1200. The third-order valence-electron chi connectivity index (χ3n) is 5.59. The normalized spacial score (nSPS) is 18.2. The fourth-order valence-electron chi connectivity index (χ4n) is 3.96. The summed E-state index contributed by atoms with van der Waals surface area (Å²) in [7, 11) is -1.07. The van der Waals surface area contributed by atoms with Crippen molar-refractivity contribution in [1.82, 2.24) is 19.2 Å². The van der Waals surface area contributed by atoms with E-state index in [9.17, 15) is 8.42 Å². The van der Waals surface area contributed by atoms with Crippen molar-refractivity contribution < 1.29 is 8.42 Å². The Morgan fingerprint density at radius 1 is 1.17 bits per heavy atom. The zero-order valence-electron chi connectivity index (χ0n) is 17.2. The minimum Gasteiger partial charge on any atom is -0.303 e. The SMILES string of the molecule is Cc1cccc(-c2nn(CN(Cc3ccccc3)[C@@H]3CCS(=O)(=O)C3)c(=S)n2C)c1. The predicted octanol–water partition coefficient (Wildman–Crippen LogP) is 3.57. The maximum atomic E-state index is 12.1. The van der Waals surface area contributed by atoms with Gasteiger partial charge in [0.2, 0.25) is 0 Å². The van der Waals surface area contributed by atoms with Gasteiger partial charge in [0.1, 0.15) is 0 Å². The van der Waals surface area contributed by atoms with Gasteiger partial charge in [-0.15, -0.1) is 0 Å². The fraction of sp³-hybridized carbons (Fsp3) is 0.364. The number of aromatic nitrogens is 3. The largest absolute Gasteiger partial charge is 0.303 e. The number of rotatable bonds is 6. The molecule has 4 rings (SSSR count).